The number of ketones is 1. The molecule has 1 aromatic carbocycles. The fourth-order valence-electron chi connectivity index (χ4n) is 2.32. The summed E-state index contributed by atoms with van der Waals surface area (Å²) < 4.78 is 0. The van der Waals surface area contributed by atoms with E-state index in [1.54, 1.807) is 18.2 Å². The monoisotopic (exact) mass is 282 g/mol. The van der Waals surface area contributed by atoms with Crippen molar-refractivity contribution in [3.05, 3.63) is 39.9 Å². The molecule has 1 aliphatic rings. The van der Waals surface area contributed by atoms with Gasteiger partial charge in [0, 0.05) is 5.92 Å². The van der Waals surface area contributed by atoms with E-state index < -0.39 is 0 Å². The second kappa shape index (κ2) is 6.40. The molecule has 0 radical (unpaired) electrons. The van der Waals surface area contributed by atoms with Gasteiger partial charge < -0.3 is 0 Å². The van der Waals surface area contributed by atoms with Gasteiger partial charge in [-0.1, -0.05) is 54.6 Å². The Kier molecular flexibility index (Phi) is 4.85. The molecule has 0 aliphatic heterocycles. The summed E-state index contributed by atoms with van der Waals surface area (Å²) in [4.78, 5) is 12.0. The molecule has 1 aromatic rings. The van der Waals surface area contributed by atoms with E-state index in [0.29, 0.717) is 10.0 Å². The van der Waals surface area contributed by atoms with Gasteiger partial charge in [0.15, 0.2) is 5.78 Å². The van der Waals surface area contributed by atoms with Gasteiger partial charge in [-0.2, -0.15) is 0 Å². The van der Waals surface area contributed by atoms with E-state index in [9.17, 15) is 4.79 Å². The summed E-state index contributed by atoms with van der Waals surface area (Å²) in [5.41, 5.74) is 0.911. The fourth-order valence-corrected chi connectivity index (χ4v) is 2.62. The number of rotatable bonds is 3. The van der Waals surface area contributed by atoms with Gasteiger partial charge in [-0.15, -0.1) is 0 Å². The molecular formula is C15H16Cl2O. The van der Waals surface area contributed by atoms with Crippen molar-refractivity contribution in [2.75, 3.05) is 0 Å². The van der Waals surface area contributed by atoms with Gasteiger partial charge in [-0.25, -0.2) is 0 Å². The predicted octanol–water partition coefficient (Wildman–Crippen LogP) is 5.16. The topological polar surface area (TPSA) is 17.1 Å². The third-order valence-corrected chi connectivity index (χ3v) is 4.13. The molecule has 18 heavy (non-hydrogen) atoms. The van der Waals surface area contributed by atoms with Gasteiger partial charge in [-0.05, 0) is 36.6 Å². The lowest BCUT2D eigenvalue weighted by Gasteiger charge is -2.18. The molecule has 2 rings (SSSR count). The summed E-state index contributed by atoms with van der Waals surface area (Å²) in [5.74, 6) is 0.457. The largest absolute Gasteiger partial charge is 0.295 e. The van der Waals surface area contributed by atoms with Crippen molar-refractivity contribution in [3.63, 3.8) is 0 Å². The van der Waals surface area contributed by atoms with Crippen LogP contribution in [-0.2, 0) is 4.79 Å². The van der Waals surface area contributed by atoms with E-state index in [-0.39, 0.29) is 11.7 Å². The van der Waals surface area contributed by atoms with Crippen molar-refractivity contribution in [3.8, 4) is 0 Å². The van der Waals surface area contributed by atoms with E-state index in [1.165, 1.54) is 19.3 Å². The number of benzene rings is 1. The zero-order valence-corrected chi connectivity index (χ0v) is 11.7. The quantitative estimate of drug-likeness (QED) is 0.700. The first-order valence-electron chi connectivity index (χ1n) is 6.34. The van der Waals surface area contributed by atoms with Gasteiger partial charge in [0.2, 0.25) is 0 Å². The van der Waals surface area contributed by atoms with Crippen molar-refractivity contribution in [1.29, 1.82) is 0 Å². The molecule has 1 saturated carbocycles. The molecule has 1 fully saturated rings. The highest BCUT2D eigenvalue weighted by atomic mass is 35.5. The van der Waals surface area contributed by atoms with Gasteiger partial charge in [-0.3, -0.25) is 4.79 Å². The molecule has 96 valence electrons. The van der Waals surface area contributed by atoms with Crippen molar-refractivity contribution >= 4 is 35.1 Å². The highest BCUT2D eigenvalue weighted by Gasteiger charge is 2.18. The minimum Gasteiger partial charge on any atom is -0.295 e. The maximum atomic E-state index is 12.0. The Morgan fingerprint density at radius 1 is 1.11 bits per heavy atom. The van der Waals surface area contributed by atoms with Gasteiger partial charge in [0.05, 0.1) is 10.0 Å². The number of carbonyl (C=O) groups excluding carboxylic acids is 1. The molecular weight excluding hydrogens is 267 g/mol. The summed E-state index contributed by atoms with van der Waals surface area (Å²) in [7, 11) is 0. The Balaban J connectivity index is 2.01. The molecule has 1 aliphatic carbocycles. The van der Waals surface area contributed by atoms with E-state index in [1.807, 2.05) is 12.1 Å². The van der Waals surface area contributed by atoms with E-state index in [2.05, 4.69) is 0 Å². The average molecular weight is 283 g/mol. The molecule has 0 aromatic heterocycles. The predicted molar refractivity (Wildman–Crippen MR) is 77.1 cm³/mol. The number of halogens is 2. The lowest BCUT2D eigenvalue weighted by atomic mass is 9.86. The van der Waals surface area contributed by atoms with Crippen LogP contribution in [0.5, 0.6) is 0 Å². The van der Waals surface area contributed by atoms with E-state index in [0.717, 1.165) is 18.4 Å². The number of carbonyl (C=O) groups is 1. The van der Waals surface area contributed by atoms with E-state index in [4.69, 9.17) is 23.2 Å². The summed E-state index contributed by atoms with van der Waals surface area (Å²) in [6.07, 6.45) is 9.18. The molecule has 0 heterocycles. The zero-order chi connectivity index (χ0) is 13.0. The molecule has 0 unspecified atom stereocenters. The van der Waals surface area contributed by atoms with Crippen LogP contribution in [0.2, 0.25) is 10.0 Å². The maximum absolute atomic E-state index is 12.0. The van der Waals surface area contributed by atoms with Gasteiger partial charge in [0.25, 0.3) is 0 Å². The van der Waals surface area contributed by atoms with Crippen LogP contribution in [-0.4, -0.2) is 5.78 Å². The Morgan fingerprint density at radius 3 is 2.50 bits per heavy atom. The SMILES string of the molecule is O=C(/C=C\c1ccc(Cl)c(Cl)c1)C1CCCCC1. The lowest BCUT2D eigenvalue weighted by molar-refractivity contribution is -0.119. The van der Waals surface area contributed by atoms with Gasteiger partial charge >= 0.3 is 0 Å². The van der Waals surface area contributed by atoms with Crippen molar-refractivity contribution in [1.82, 2.24) is 0 Å². The maximum Gasteiger partial charge on any atom is 0.158 e. The van der Waals surface area contributed by atoms with Crippen LogP contribution in [0.25, 0.3) is 6.08 Å². The van der Waals surface area contributed by atoms with Crippen LogP contribution in [0.4, 0.5) is 0 Å². The molecule has 0 saturated heterocycles. The first-order chi connectivity index (χ1) is 8.66. The summed E-state index contributed by atoms with van der Waals surface area (Å²) in [5, 5.41) is 1.05. The van der Waals surface area contributed by atoms with Crippen LogP contribution in [0.1, 0.15) is 37.7 Å². The van der Waals surface area contributed by atoms with Crippen molar-refractivity contribution in [2.45, 2.75) is 32.1 Å². The van der Waals surface area contributed by atoms with Crippen LogP contribution in [0, 0.1) is 5.92 Å². The second-order valence-corrected chi connectivity index (χ2v) is 5.56. The molecule has 0 N–H and O–H groups in total. The Morgan fingerprint density at radius 2 is 1.83 bits per heavy atom. The minimum absolute atomic E-state index is 0.220. The number of hydrogen-bond donors (Lipinski definition) is 0. The highest BCUT2D eigenvalue weighted by molar-refractivity contribution is 6.42. The van der Waals surface area contributed by atoms with Gasteiger partial charge in [0.1, 0.15) is 0 Å². The van der Waals surface area contributed by atoms with Crippen LogP contribution < -0.4 is 0 Å². The van der Waals surface area contributed by atoms with E-state index >= 15 is 0 Å². The second-order valence-electron chi connectivity index (χ2n) is 4.74. The molecule has 0 amide bonds. The number of allylic oxidation sites excluding steroid dienone is 1. The Hall–Kier alpha value is -0.790. The van der Waals surface area contributed by atoms with Crippen molar-refractivity contribution < 1.29 is 4.79 Å². The normalized spacial score (nSPS) is 17.2. The smallest absolute Gasteiger partial charge is 0.158 e. The zero-order valence-electron chi connectivity index (χ0n) is 10.2. The van der Waals surface area contributed by atoms with Crippen LogP contribution in [0.3, 0.4) is 0 Å². The average Bonchev–Trinajstić information content (AvgIpc) is 2.41. The van der Waals surface area contributed by atoms with Crippen LogP contribution >= 0.6 is 23.2 Å². The summed E-state index contributed by atoms with van der Waals surface area (Å²) >= 11 is 11.8. The minimum atomic E-state index is 0.220. The number of hydrogen-bond acceptors (Lipinski definition) is 1. The molecule has 0 spiro atoms. The molecule has 0 atom stereocenters. The third kappa shape index (κ3) is 3.60. The first-order valence-corrected chi connectivity index (χ1v) is 7.09. The third-order valence-electron chi connectivity index (χ3n) is 3.39. The first kappa shape index (κ1) is 13.6. The summed E-state index contributed by atoms with van der Waals surface area (Å²) in [6.45, 7) is 0. The Bertz CT molecular complexity index is 460. The standard InChI is InChI=1S/C15H16Cl2O/c16-13-8-6-11(10-14(13)17)7-9-15(18)12-4-2-1-3-5-12/h6-10,12H,1-5H2/b9-7-. The highest BCUT2D eigenvalue weighted by Crippen LogP contribution is 2.26. The molecule has 3 heteroatoms. The molecule has 0 bridgehead atoms. The van der Waals surface area contributed by atoms with Crippen molar-refractivity contribution in [2.24, 2.45) is 5.92 Å². The fraction of sp³-hybridized carbons (Fsp3) is 0.400. The molecule has 1 nitrogen and oxygen atoms in total. The Labute approximate surface area is 118 Å². The lowest BCUT2D eigenvalue weighted by Crippen LogP contribution is -2.15. The van der Waals surface area contributed by atoms with Crippen LogP contribution in [0.15, 0.2) is 24.3 Å². The summed E-state index contributed by atoms with van der Waals surface area (Å²) in [6, 6.07) is 5.38.